The molecule has 0 radical (unpaired) electrons. The van der Waals surface area contributed by atoms with E-state index in [-0.39, 0.29) is 0 Å². The van der Waals surface area contributed by atoms with Crippen molar-refractivity contribution in [3.05, 3.63) is 34.9 Å². The summed E-state index contributed by atoms with van der Waals surface area (Å²) in [7, 11) is 0. The molecule has 0 aliphatic rings. The first kappa shape index (κ1) is 8.03. The van der Waals surface area contributed by atoms with Gasteiger partial charge in [0.25, 0.3) is 0 Å². The van der Waals surface area contributed by atoms with Crippen LogP contribution < -0.4 is 0 Å². The summed E-state index contributed by atoms with van der Waals surface area (Å²) >= 11 is 5.55. The van der Waals surface area contributed by atoms with E-state index in [2.05, 4.69) is 0 Å². The molecule has 1 aromatic carbocycles. The van der Waals surface area contributed by atoms with Crippen molar-refractivity contribution in [3.8, 4) is 6.07 Å². The van der Waals surface area contributed by atoms with Crippen LogP contribution in [0.5, 0.6) is 0 Å². The van der Waals surface area contributed by atoms with Crippen molar-refractivity contribution in [2.24, 2.45) is 0 Å². The van der Waals surface area contributed by atoms with Crippen molar-refractivity contribution < 1.29 is 4.39 Å². The Bertz CT molecular complexity index is 275. The van der Waals surface area contributed by atoms with Gasteiger partial charge in [-0.3, -0.25) is 0 Å². The molecule has 1 rings (SSSR count). The maximum atomic E-state index is 12.6. The second-order valence-corrected chi connectivity index (χ2v) is 2.48. The Balaban J connectivity index is 2.92. The lowest BCUT2D eigenvalue weighted by Gasteiger charge is -1.97. The average Bonchev–Trinajstić information content (AvgIpc) is 2.05. The van der Waals surface area contributed by atoms with Gasteiger partial charge in [-0.05, 0) is 12.1 Å². The second kappa shape index (κ2) is 3.36. The van der Waals surface area contributed by atoms with Crippen molar-refractivity contribution in [2.75, 3.05) is 0 Å². The van der Waals surface area contributed by atoms with Gasteiger partial charge in [0, 0.05) is 10.6 Å². The fraction of sp³-hybridized carbons (Fsp3) is 0.125. The van der Waals surface area contributed by atoms with Crippen molar-refractivity contribution in [1.82, 2.24) is 0 Å². The number of hydrogen-bond acceptors (Lipinski definition) is 1. The molecule has 0 aromatic heterocycles. The lowest BCUT2D eigenvalue weighted by atomic mass is 10.1. The molecule has 1 atom stereocenters. The van der Waals surface area contributed by atoms with Crippen molar-refractivity contribution >= 4 is 11.6 Å². The Morgan fingerprint density at radius 3 is 2.36 bits per heavy atom. The highest BCUT2D eigenvalue weighted by molar-refractivity contribution is 6.30. The highest BCUT2D eigenvalue weighted by Crippen LogP contribution is 2.18. The molecule has 56 valence electrons. The smallest absolute Gasteiger partial charge is 0.211 e. The van der Waals surface area contributed by atoms with Crippen LogP contribution in [-0.2, 0) is 0 Å². The zero-order chi connectivity index (χ0) is 8.27. The first-order valence-corrected chi connectivity index (χ1v) is 3.41. The van der Waals surface area contributed by atoms with E-state index < -0.39 is 6.17 Å². The highest BCUT2D eigenvalue weighted by atomic mass is 35.5. The van der Waals surface area contributed by atoms with E-state index in [4.69, 9.17) is 16.9 Å². The van der Waals surface area contributed by atoms with Gasteiger partial charge in [-0.15, -0.1) is 0 Å². The molecule has 0 amide bonds. The standard InChI is InChI=1S/C8H5ClFN/c9-7-3-1-6(2-4-7)8(10)5-11/h1-4,8H/t8-/m0/s1. The van der Waals surface area contributed by atoms with E-state index in [1.54, 1.807) is 12.1 Å². The van der Waals surface area contributed by atoms with Gasteiger partial charge in [-0.2, -0.15) is 5.26 Å². The van der Waals surface area contributed by atoms with E-state index >= 15 is 0 Å². The van der Waals surface area contributed by atoms with Crippen molar-refractivity contribution in [3.63, 3.8) is 0 Å². The summed E-state index contributed by atoms with van der Waals surface area (Å²) in [6, 6.07) is 7.60. The zero-order valence-electron chi connectivity index (χ0n) is 5.59. The summed E-state index contributed by atoms with van der Waals surface area (Å²) in [5.41, 5.74) is 0.344. The van der Waals surface area contributed by atoms with Gasteiger partial charge in [0.05, 0.1) is 0 Å². The second-order valence-electron chi connectivity index (χ2n) is 2.04. The van der Waals surface area contributed by atoms with Crippen LogP contribution in [0, 0.1) is 11.3 Å². The third-order valence-corrected chi connectivity index (χ3v) is 1.53. The van der Waals surface area contributed by atoms with Gasteiger partial charge in [0.15, 0.2) is 0 Å². The van der Waals surface area contributed by atoms with E-state index in [1.807, 2.05) is 0 Å². The van der Waals surface area contributed by atoms with E-state index in [1.165, 1.54) is 18.2 Å². The Morgan fingerprint density at radius 1 is 1.36 bits per heavy atom. The Kier molecular flexibility index (Phi) is 2.45. The van der Waals surface area contributed by atoms with Crippen LogP contribution in [0.4, 0.5) is 4.39 Å². The lowest BCUT2D eigenvalue weighted by molar-refractivity contribution is 0.424. The molecule has 0 N–H and O–H groups in total. The molecule has 0 saturated carbocycles. The van der Waals surface area contributed by atoms with Crippen LogP contribution in [0.1, 0.15) is 11.7 Å². The summed E-state index contributed by atoms with van der Waals surface area (Å²) in [4.78, 5) is 0. The molecule has 0 heterocycles. The third-order valence-electron chi connectivity index (χ3n) is 1.28. The van der Waals surface area contributed by atoms with Gasteiger partial charge in [-0.25, -0.2) is 4.39 Å². The average molecular weight is 170 g/mol. The van der Waals surface area contributed by atoms with Crippen LogP contribution in [0.3, 0.4) is 0 Å². The Morgan fingerprint density at radius 2 is 1.91 bits per heavy atom. The summed E-state index contributed by atoms with van der Waals surface area (Å²) in [6.07, 6.45) is -1.55. The van der Waals surface area contributed by atoms with E-state index in [0.717, 1.165) is 0 Å². The minimum atomic E-state index is -1.55. The Hall–Kier alpha value is -1.07. The van der Waals surface area contributed by atoms with Gasteiger partial charge in [0.2, 0.25) is 6.17 Å². The molecule has 11 heavy (non-hydrogen) atoms. The van der Waals surface area contributed by atoms with Gasteiger partial charge in [0.1, 0.15) is 6.07 Å². The monoisotopic (exact) mass is 169 g/mol. The number of nitrogens with zero attached hydrogens (tertiary/aromatic N) is 1. The number of rotatable bonds is 1. The number of nitriles is 1. The minimum absolute atomic E-state index is 0.344. The molecule has 0 fully saturated rings. The summed E-state index contributed by atoms with van der Waals surface area (Å²) < 4.78 is 12.6. The topological polar surface area (TPSA) is 23.8 Å². The summed E-state index contributed by atoms with van der Waals surface area (Å²) in [5, 5.41) is 8.74. The van der Waals surface area contributed by atoms with Crippen molar-refractivity contribution in [1.29, 1.82) is 5.26 Å². The summed E-state index contributed by atoms with van der Waals surface area (Å²) in [6.45, 7) is 0. The molecule has 1 aromatic rings. The fourth-order valence-electron chi connectivity index (χ4n) is 0.706. The molecule has 1 nitrogen and oxygen atoms in total. The molecule has 0 spiro atoms. The SMILES string of the molecule is N#C[C@H](F)c1ccc(Cl)cc1. The normalized spacial score (nSPS) is 12.1. The fourth-order valence-corrected chi connectivity index (χ4v) is 0.832. The molecule has 0 saturated heterocycles. The zero-order valence-corrected chi connectivity index (χ0v) is 6.35. The molecular weight excluding hydrogens is 165 g/mol. The van der Waals surface area contributed by atoms with Crippen LogP contribution in [-0.4, -0.2) is 0 Å². The third kappa shape index (κ3) is 1.92. The quantitative estimate of drug-likeness (QED) is 0.634. The molecule has 0 aliphatic heterocycles. The van der Waals surface area contributed by atoms with E-state index in [9.17, 15) is 4.39 Å². The number of alkyl halides is 1. The van der Waals surface area contributed by atoms with Gasteiger partial charge in [-0.1, -0.05) is 23.7 Å². The molecule has 0 unspecified atom stereocenters. The first-order valence-electron chi connectivity index (χ1n) is 3.03. The maximum absolute atomic E-state index is 12.6. The summed E-state index contributed by atoms with van der Waals surface area (Å²) in [5.74, 6) is 0. The van der Waals surface area contributed by atoms with Crippen LogP contribution in [0.25, 0.3) is 0 Å². The largest absolute Gasteiger partial charge is 0.226 e. The van der Waals surface area contributed by atoms with Crippen LogP contribution in [0.2, 0.25) is 5.02 Å². The molecule has 0 aliphatic carbocycles. The molecule has 0 bridgehead atoms. The number of halogens is 2. The predicted molar refractivity (Wildman–Crippen MR) is 40.9 cm³/mol. The molecule has 3 heteroatoms. The highest BCUT2D eigenvalue weighted by Gasteiger charge is 2.05. The maximum Gasteiger partial charge on any atom is 0.211 e. The predicted octanol–water partition coefficient (Wildman–Crippen LogP) is 2.87. The number of benzene rings is 1. The minimum Gasteiger partial charge on any atom is -0.226 e. The van der Waals surface area contributed by atoms with E-state index in [0.29, 0.717) is 10.6 Å². The van der Waals surface area contributed by atoms with Crippen LogP contribution in [0.15, 0.2) is 24.3 Å². The Labute approximate surface area is 69.0 Å². The lowest BCUT2D eigenvalue weighted by Crippen LogP contribution is -1.85. The number of hydrogen-bond donors (Lipinski definition) is 0. The molecular formula is C8H5ClFN. The van der Waals surface area contributed by atoms with Crippen LogP contribution >= 0.6 is 11.6 Å². The van der Waals surface area contributed by atoms with Crippen molar-refractivity contribution in [2.45, 2.75) is 6.17 Å². The first-order chi connectivity index (χ1) is 5.24. The van der Waals surface area contributed by atoms with Gasteiger partial charge >= 0.3 is 0 Å². The van der Waals surface area contributed by atoms with Gasteiger partial charge < -0.3 is 0 Å².